The highest BCUT2D eigenvalue weighted by Crippen LogP contribution is 2.24. The summed E-state index contributed by atoms with van der Waals surface area (Å²) in [7, 11) is 0. The number of pyridine rings is 1. The summed E-state index contributed by atoms with van der Waals surface area (Å²) in [6, 6.07) is 9.52. The number of rotatable bonds is 7. The molecule has 1 amide bonds. The fourth-order valence-electron chi connectivity index (χ4n) is 2.26. The van der Waals surface area contributed by atoms with Gasteiger partial charge in [0.15, 0.2) is 11.0 Å². The van der Waals surface area contributed by atoms with E-state index in [0.717, 1.165) is 10.0 Å². The van der Waals surface area contributed by atoms with Gasteiger partial charge in [-0.3, -0.25) is 9.36 Å². The number of nitrogens with one attached hydrogen (secondary N) is 1. The van der Waals surface area contributed by atoms with Gasteiger partial charge in [0.25, 0.3) is 0 Å². The molecule has 2 heterocycles. The molecule has 0 fully saturated rings. The van der Waals surface area contributed by atoms with E-state index in [1.807, 2.05) is 4.57 Å². The Balaban J connectivity index is 1.70. The monoisotopic (exact) mass is 447 g/mol. The van der Waals surface area contributed by atoms with Gasteiger partial charge >= 0.3 is 0 Å². The molecule has 138 valence electrons. The second-order valence-electron chi connectivity index (χ2n) is 5.41. The first-order chi connectivity index (χ1) is 13.1. The molecule has 0 saturated heterocycles. The second-order valence-corrected chi connectivity index (χ2v) is 7.27. The van der Waals surface area contributed by atoms with Crippen LogP contribution in [0.15, 0.2) is 64.9 Å². The molecular formula is C18H15BrFN5OS. The number of aromatic nitrogens is 4. The number of thioether (sulfide) groups is 1. The smallest absolute Gasteiger partial charge is 0.236 e. The van der Waals surface area contributed by atoms with Gasteiger partial charge in [-0.15, -0.1) is 16.8 Å². The first kappa shape index (κ1) is 19.2. The molecular weight excluding hydrogens is 433 g/mol. The van der Waals surface area contributed by atoms with Crippen molar-refractivity contribution in [2.24, 2.45) is 0 Å². The van der Waals surface area contributed by atoms with Crippen molar-refractivity contribution in [2.75, 3.05) is 11.1 Å². The van der Waals surface area contributed by atoms with Gasteiger partial charge in [0.05, 0.1) is 5.75 Å². The minimum Gasteiger partial charge on any atom is -0.310 e. The van der Waals surface area contributed by atoms with E-state index < -0.39 is 0 Å². The van der Waals surface area contributed by atoms with E-state index in [-0.39, 0.29) is 17.5 Å². The number of carbonyl (C=O) groups is 1. The van der Waals surface area contributed by atoms with Crippen LogP contribution in [0.2, 0.25) is 0 Å². The molecule has 0 atom stereocenters. The first-order valence-corrected chi connectivity index (χ1v) is 9.69. The number of benzene rings is 1. The van der Waals surface area contributed by atoms with Gasteiger partial charge in [-0.25, -0.2) is 9.37 Å². The molecule has 0 aliphatic carbocycles. The lowest BCUT2D eigenvalue weighted by molar-refractivity contribution is -0.113. The summed E-state index contributed by atoms with van der Waals surface area (Å²) >= 11 is 4.55. The Morgan fingerprint density at radius 1 is 1.26 bits per heavy atom. The van der Waals surface area contributed by atoms with Crippen LogP contribution in [-0.4, -0.2) is 31.4 Å². The summed E-state index contributed by atoms with van der Waals surface area (Å²) in [4.78, 5) is 16.3. The zero-order valence-electron chi connectivity index (χ0n) is 14.1. The minimum absolute atomic E-state index is 0.149. The molecule has 0 aliphatic heterocycles. The number of halogens is 2. The van der Waals surface area contributed by atoms with Crippen molar-refractivity contribution in [3.05, 3.63) is 65.5 Å². The van der Waals surface area contributed by atoms with Crippen LogP contribution in [0.3, 0.4) is 0 Å². The van der Waals surface area contributed by atoms with Crippen LogP contribution >= 0.6 is 27.7 Å². The molecule has 3 aromatic rings. The predicted octanol–water partition coefficient (Wildman–Crippen LogP) is 4.16. The number of allylic oxidation sites excluding steroid dienone is 1. The third kappa shape index (κ3) is 5.01. The molecule has 2 aromatic heterocycles. The Bertz CT molecular complexity index is 943. The highest BCUT2D eigenvalue weighted by Gasteiger charge is 2.15. The molecule has 0 bridgehead atoms. The van der Waals surface area contributed by atoms with Crippen LogP contribution in [0.25, 0.3) is 11.4 Å². The van der Waals surface area contributed by atoms with Crippen LogP contribution in [0, 0.1) is 5.82 Å². The maximum atomic E-state index is 13.2. The molecule has 0 unspecified atom stereocenters. The van der Waals surface area contributed by atoms with Crippen molar-refractivity contribution in [3.8, 4) is 11.4 Å². The van der Waals surface area contributed by atoms with Crippen molar-refractivity contribution in [1.29, 1.82) is 0 Å². The SMILES string of the molecule is C=CCn1c(SCC(=O)Nc2ccc(Br)cn2)nnc1-c1ccc(F)cc1. The molecule has 1 aromatic carbocycles. The number of amides is 1. The number of nitrogens with zero attached hydrogens (tertiary/aromatic N) is 4. The number of carbonyl (C=O) groups excluding carboxylic acids is 1. The van der Waals surface area contributed by atoms with E-state index in [2.05, 4.69) is 43.0 Å². The zero-order valence-corrected chi connectivity index (χ0v) is 16.5. The number of anilines is 1. The van der Waals surface area contributed by atoms with Crippen LogP contribution < -0.4 is 5.32 Å². The lowest BCUT2D eigenvalue weighted by Crippen LogP contribution is -2.15. The summed E-state index contributed by atoms with van der Waals surface area (Å²) in [6.45, 7) is 4.22. The van der Waals surface area contributed by atoms with Crippen molar-refractivity contribution < 1.29 is 9.18 Å². The second kappa shape index (κ2) is 8.92. The molecule has 3 rings (SSSR count). The van der Waals surface area contributed by atoms with E-state index in [0.29, 0.717) is 23.3 Å². The van der Waals surface area contributed by atoms with Crippen LogP contribution in [0.4, 0.5) is 10.2 Å². The van der Waals surface area contributed by atoms with Crippen LogP contribution in [-0.2, 0) is 11.3 Å². The lowest BCUT2D eigenvalue weighted by atomic mass is 10.2. The average molecular weight is 448 g/mol. The van der Waals surface area contributed by atoms with Crippen molar-refractivity contribution >= 4 is 39.4 Å². The molecule has 0 saturated carbocycles. The fraction of sp³-hybridized carbons (Fsp3) is 0.111. The van der Waals surface area contributed by atoms with E-state index in [4.69, 9.17) is 0 Å². The first-order valence-electron chi connectivity index (χ1n) is 7.91. The highest BCUT2D eigenvalue weighted by molar-refractivity contribution is 9.10. The molecule has 6 nitrogen and oxygen atoms in total. The van der Waals surface area contributed by atoms with Gasteiger partial charge < -0.3 is 5.32 Å². The van der Waals surface area contributed by atoms with E-state index in [1.165, 1.54) is 23.9 Å². The number of hydrogen-bond donors (Lipinski definition) is 1. The molecule has 0 radical (unpaired) electrons. The Morgan fingerprint density at radius 3 is 2.70 bits per heavy atom. The van der Waals surface area contributed by atoms with Crippen LogP contribution in [0.5, 0.6) is 0 Å². The third-order valence-corrected chi connectivity index (χ3v) is 4.89. The average Bonchev–Trinajstić information content (AvgIpc) is 3.06. The van der Waals surface area contributed by atoms with E-state index >= 15 is 0 Å². The van der Waals surface area contributed by atoms with Gasteiger partial charge in [-0.05, 0) is 52.3 Å². The van der Waals surface area contributed by atoms with Crippen molar-refractivity contribution in [1.82, 2.24) is 19.7 Å². The minimum atomic E-state index is -0.318. The quantitative estimate of drug-likeness (QED) is 0.434. The van der Waals surface area contributed by atoms with Crippen LogP contribution in [0.1, 0.15) is 0 Å². The van der Waals surface area contributed by atoms with Gasteiger partial charge in [-0.1, -0.05) is 17.8 Å². The molecule has 9 heteroatoms. The number of hydrogen-bond acceptors (Lipinski definition) is 5. The fourth-order valence-corrected chi connectivity index (χ4v) is 3.24. The maximum absolute atomic E-state index is 13.2. The Kier molecular flexibility index (Phi) is 6.36. The Hall–Kier alpha value is -2.52. The standard InChI is InChI=1S/C18H15BrFN5OS/c1-2-9-25-17(12-3-6-14(20)7-4-12)23-24-18(25)27-11-16(26)22-15-8-5-13(19)10-21-15/h2-8,10H,1,9,11H2,(H,21,22,26). The Morgan fingerprint density at radius 2 is 2.04 bits per heavy atom. The van der Waals surface area contributed by atoms with Gasteiger partial charge in [0.1, 0.15) is 11.6 Å². The molecule has 0 spiro atoms. The molecule has 0 aliphatic rings. The van der Waals surface area contributed by atoms with Gasteiger partial charge in [0.2, 0.25) is 5.91 Å². The van der Waals surface area contributed by atoms with Crippen molar-refractivity contribution in [3.63, 3.8) is 0 Å². The largest absolute Gasteiger partial charge is 0.310 e. The zero-order chi connectivity index (χ0) is 19.2. The molecule has 27 heavy (non-hydrogen) atoms. The summed E-state index contributed by atoms with van der Waals surface area (Å²) in [5.41, 5.74) is 0.737. The Labute approximate surface area is 168 Å². The summed E-state index contributed by atoms with van der Waals surface area (Å²) in [5, 5.41) is 11.6. The normalized spacial score (nSPS) is 10.6. The van der Waals surface area contributed by atoms with Crippen molar-refractivity contribution in [2.45, 2.75) is 11.7 Å². The van der Waals surface area contributed by atoms with E-state index in [1.54, 1.807) is 36.5 Å². The summed E-state index contributed by atoms with van der Waals surface area (Å²) in [6.07, 6.45) is 3.32. The summed E-state index contributed by atoms with van der Waals surface area (Å²) in [5.74, 6) is 0.694. The maximum Gasteiger partial charge on any atom is 0.236 e. The summed E-state index contributed by atoms with van der Waals surface area (Å²) < 4.78 is 15.8. The topological polar surface area (TPSA) is 72.7 Å². The highest BCUT2D eigenvalue weighted by atomic mass is 79.9. The molecule has 1 N–H and O–H groups in total. The van der Waals surface area contributed by atoms with Gasteiger partial charge in [0, 0.05) is 22.8 Å². The predicted molar refractivity (Wildman–Crippen MR) is 107 cm³/mol. The van der Waals surface area contributed by atoms with E-state index in [9.17, 15) is 9.18 Å². The van der Waals surface area contributed by atoms with Gasteiger partial charge in [-0.2, -0.15) is 0 Å². The lowest BCUT2D eigenvalue weighted by Gasteiger charge is -2.08. The third-order valence-electron chi connectivity index (χ3n) is 3.46.